The van der Waals surface area contributed by atoms with Crippen LogP contribution in [0.1, 0.15) is 22.5 Å². The summed E-state index contributed by atoms with van der Waals surface area (Å²) in [6.45, 7) is 8.51. The van der Waals surface area contributed by atoms with Gasteiger partial charge in [-0.15, -0.1) is 16.8 Å². The van der Waals surface area contributed by atoms with Crippen LogP contribution >= 0.6 is 11.8 Å². The highest BCUT2D eigenvalue weighted by molar-refractivity contribution is 7.99. The third-order valence-electron chi connectivity index (χ3n) is 4.80. The lowest BCUT2D eigenvalue weighted by Gasteiger charge is -2.11. The zero-order valence-corrected chi connectivity index (χ0v) is 17.7. The summed E-state index contributed by atoms with van der Waals surface area (Å²) >= 11 is 1.40. The number of anilines is 1. The number of nitrogens with one attached hydrogen (secondary N) is 1. The zero-order valence-electron chi connectivity index (χ0n) is 16.9. The topological polar surface area (TPSA) is 59.8 Å². The maximum Gasteiger partial charge on any atom is 0.234 e. The maximum absolute atomic E-state index is 12.4. The molecule has 1 N–H and O–H groups in total. The Kier molecular flexibility index (Phi) is 7.25. The fraction of sp³-hybridized carbons (Fsp3) is 0.261. The molecule has 3 aromatic rings. The van der Waals surface area contributed by atoms with Gasteiger partial charge >= 0.3 is 0 Å². The number of hydrogen-bond acceptors (Lipinski definition) is 4. The number of aryl methyl sites for hydroxylation is 3. The van der Waals surface area contributed by atoms with Crippen LogP contribution in [0.15, 0.2) is 66.3 Å². The molecule has 0 aliphatic heterocycles. The van der Waals surface area contributed by atoms with Crippen molar-refractivity contribution in [3.05, 3.63) is 83.7 Å². The maximum atomic E-state index is 12.4. The molecule has 0 fully saturated rings. The molecule has 1 aromatic heterocycles. The van der Waals surface area contributed by atoms with E-state index >= 15 is 0 Å². The van der Waals surface area contributed by atoms with Gasteiger partial charge in [-0.1, -0.05) is 60.3 Å². The Bertz CT molecular complexity index is 982. The highest BCUT2D eigenvalue weighted by Gasteiger charge is 2.14. The summed E-state index contributed by atoms with van der Waals surface area (Å²) in [6, 6.07) is 16.2. The second kappa shape index (κ2) is 10.1. The number of benzene rings is 2. The third-order valence-corrected chi connectivity index (χ3v) is 5.76. The van der Waals surface area contributed by atoms with Gasteiger partial charge in [-0.25, -0.2) is 0 Å². The normalized spacial score (nSPS) is 10.7. The molecule has 0 aliphatic carbocycles. The molecule has 0 unspecified atom stereocenters. The van der Waals surface area contributed by atoms with Crippen LogP contribution in [0.25, 0.3) is 0 Å². The first-order valence-electron chi connectivity index (χ1n) is 9.64. The van der Waals surface area contributed by atoms with Gasteiger partial charge in [0.05, 0.1) is 5.75 Å². The molecule has 1 amide bonds. The van der Waals surface area contributed by atoms with Crippen molar-refractivity contribution in [1.29, 1.82) is 0 Å². The number of carbonyl (C=O) groups is 1. The summed E-state index contributed by atoms with van der Waals surface area (Å²) in [7, 11) is 0. The molecule has 3 rings (SSSR count). The molecule has 0 spiro atoms. The summed E-state index contributed by atoms with van der Waals surface area (Å²) < 4.78 is 2.03. The number of allylic oxidation sites excluding steroid dienone is 1. The Morgan fingerprint density at radius 1 is 1.10 bits per heavy atom. The molecule has 1 heterocycles. The molecule has 6 heteroatoms. The Morgan fingerprint density at radius 2 is 1.90 bits per heavy atom. The smallest absolute Gasteiger partial charge is 0.234 e. The van der Waals surface area contributed by atoms with Crippen molar-refractivity contribution in [3.63, 3.8) is 0 Å². The van der Waals surface area contributed by atoms with Crippen LogP contribution in [0.2, 0.25) is 0 Å². The molecule has 0 saturated carbocycles. The van der Waals surface area contributed by atoms with Gasteiger partial charge in [-0.3, -0.25) is 4.79 Å². The average Bonchev–Trinajstić information content (AvgIpc) is 3.11. The number of thioether (sulfide) groups is 1. The second-order valence-corrected chi connectivity index (χ2v) is 7.81. The lowest BCUT2D eigenvalue weighted by molar-refractivity contribution is -0.113. The molecule has 0 atom stereocenters. The van der Waals surface area contributed by atoms with Crippen molar-refractivity contribution >= 4 is 23.4 Å². The van der Waals surface area contributed by atoms with Gasteiger partial charge in [0, 0.05) is 18.7 Å². The Hall–Kier alpha value is -2.86. The molecule has 0 saturated heterocycles. The van der Waals surface area contributed by atoms with Gasteiger partial charge in [0.15, 0.2) is 5.16 Å². The van der Waals surface area contributed by atoms with Gasteiger partial charge in [-0.05, 0) is 43.0 Å². The Morgan fingerprint density at radius 3 is 2.66 bits per heavy atom. The summed E-state index contributed by atoms with van der Waals surface area (Å²) in [5.74, 6) is 1.13. The Balaban J connectivity index is 1.62. The first-order valence-corrected chi connectivity index (χ1v) is 10.6. The molecule has 0 radical (unpaired) electrons. The summed E-state index contributed by atoms with van der Waals surface area (Å²) in [5.41, 5.74) is 4.36. The molecule has 29 heavy (non-hydrogen) atoms. The van der Waals surface area contributed by atoms with E-state index in [4.69, 9.17) is 0 Å². The van der Waals surface area contributed by atoms with Gasteiger partial charge in [0.1, 0.15) is 5.82 Å². The van der Waals surface area contributed by atoms with Crippen molar-refractivity contribution in [2.75, 3.05) is 11.1 Å². The van der Waals surface area contributed by atoms with E-state index in [0.29, 0.717) is 6.54 Å². The number of rotatable bonds is 9. The Labute approximate surface area is 176 Å². The number of amides is 1. The lowest BCUT2D eigenvalue weighted by atomic mass is 10.1. The van der Waals surface area contributed by atoms with Gasteiger partial charge in [-0.2, -0.15) is 0 Å². The highest BCUT2D eigenvalue weighted by Crippen LogP contribution is 2.21. The van der Waals surface area contributed by atoms with Gasteiger partial charge < -0.3 is 9.88 Å². The average molecular weight is 407 g/mol. The molecule has 2 aromatic carbocycles. The molecule has 150 valence electrons. The van der Waals surface area contributed by atoms with Crippen molar-refractivity contribution in [2.24, 2.45) is 0 Å². The van der Waals surface area contributed by atoms with Gasteiger partial charge in [0.2, 0.25) is 5.91 Å². The molecule has 0 aliphatic rings. The van der Waals surface area contributed by atoms with Crippen molar-refractivity contribution in [3.8, 4) is 0 Å². The van der Waals surface area contributed by atoms with Crippen molar-refractivity contribution in [2.45, 2.75) is 38.4 Å². The van der Waals surface area contributed by atoms with Crippen molar-refractivity contribution in [1.82, 2.24) is 14.8 Å². The van der Waals surface area contributed by atoms with E-state index in [1.165, 1.54) is 17.3 Å². The van der Waals surface area contributed by atoms with Crippen LogP contribution in [0.5, 0.6) is 0 Å². The monoisotopic (exact) mass is 406 g/mol. The third kappa shape index (κ3) is 5.57. The minimum Gasteiger partial charge on any atom is -0.325 e. The summed E-state index contributed by atoms with van der Waals surface area (Å²) in [6.07, 6.45) is 3.52. The zero-order chi connectivity index (χ0) is 20.6. The molecule has 5 nitrogen and oxygen atoms in total. The first kappa shape index (κ1) is 20.9. The fourth-order valence-corrected chi connectivity index (χ4v) is 3.79. The van der Waals surface area contributed by atoms with E-state index in [2.05, 4.69) is 34.2 Å². The van der Waals surface area contributed by atoms with Crippen LogP contribution in [-0.4, -0.2) is 26.4 Å². The number of hydrogen-bond donors (Lipinski definition) is 1. The van der Waals surface area contributed by atoms with E-state index in [0.717, 1.165) is 40.6 Å². The molecular formula is C23H26N4OS. The van der Waals surface area contributed by atoms with E-state index in [1.807, 2.05) is 60.9 Å². The van der Waals surface area contributed by atoms with Gasteiger partial charge in [0.25, 0.3) is 0 Å². The van der Waals surface area contributed by atoms with E-state index in [9.17, 15) is 4.79 Å². The SMILES string of the molecule is C=CCn1c(CCc2ccccc2)nnc1SCC(=O)Nc1cccc(C)c1C. The number of carbonyl (C=O) groups excluding carboxylic acids is 1. The van der Waals surface area contributed by atoms with E-state index in [-0.39, 0.29) is 11.7 Å². The van der Waals surface area contributed by atoms with Crippen LogP contribution in [-0.2, 0) is 24.2 Å². The molecular weight excluding hydrogens is 380 g/mol. The second-order valence-electron chi connectivity index (χ2n) is 6.87. The van der Waals surface area contributed by atoms with Crippen LogP contribution < -0.4 is 5.32 Å². The van der Waals surface area contributed by atoms with E-state index in [1.54, 1.807) is 0 Å². The van der Waals surface area contributed by atoms with Crippen LogP contribution in [0, 0.1) is 13.8 Å². The fourth-order valence-electron chi connectivity index (χ4n) is 3.03. The lowest BCUT2D eigenvalue weighted by Crippen LogP contribution is -2.15. The minimum absolute atomic E-state index is 0.0531. The highest BCUT2D eigenvalue weighted by atomic mass is 32.2. The van der Waals surface area contributed by atoms with Crippen LogP contribution in [0.3, 0.4) is 0 Å². The predicted molar refractivity (Wildman–Crippen MR) is 119 cm³/mol. The summed E-state index contributed by atoms with van der Waals surface area (Å²) in [5, 5.41) is 12.4. The number of aromatic nitrogens is 3. The minimum atomic E-state index is -0.0531. The summed E-state index contributed by atoms with van der Waals surface area (Å²) in [4.78, 5) is 12.4. The standard InChI is InChI=1S/C23H26N4OS/c1-4-15-27-21(14-13-19-10-6-5-7-11-19)25-26-23(27)29-16-22(28)24-20-12-8-9-17(2)18(20)3/h4-12H,1,13-16H2,2-3H3,(H,24,28). The largest absolute Gasteiger partial charge is 0.325 e. The van der Waals surface area contributed by atoms with Crippen LogP contribution in [0.4, 0.5) is 5.69 Å². The first-order chi connectivity index (χ1) is 14.1. The predicted octanol–water partition coefficient (Wildman–Crippen LogP) is 4.60. The molecule has 0 bridgehead atoms. The number of nitrogens with zero attached hydrogens (tertiary/aromatic N) is 3. The quantitative estimate of drug-likeness (QED) is 0.417. The van der Waals surface area contributed by atoms with E-state index < -0.39 is 0 Å². The van der Waals surface area contributed by atoms with Crippen molar-refractivity contribution < 1.29 is 4.79 Å².